The summed E-state index contributed by atoms with van der Waals surface area (Å²) in [5, 5.41) is 4.47. The molecule has 0 bridgehead atoms. The molecule has 16 heavy (non-hydrogen) atoms. The first-order chi connectivity index (χ1) is 7.61. The van der Waals surface area contributed by atoms with Crippen molar-refractivity contribution in [3.63, 3.8) is 0 Å². The van der Waals surface area contributed by atoms with Gasteiger partial charge in [0.05, 0.1) is 5.69 Å². The lowest BCUT2D eigenvalue weighted by molar-refractivity contribution is 0.419. The normalized spacial score (nSPS) is 11.2. The van der Waals surface area contributed by atoms with E-state index in [4.69, 9.17) is 10.3 Å². The highest BCUT2D eigenvalue weighted by molar-refractivity contribution is 7.18. The van der Waals surface area contributed by atoms with Gasteiger partial charge in [0.15, 0.2) is 11.0 Å². The van der Waals surface area contributed by atoms with Crippen molar-refractivity contribution in [1.29, 1.82) is 0 Å². The molecule has 0 atom stereocenters. The molecule has 2 aromatic rings. The van der Waals surface area contributed by atoms with Crippen LogP contribution in [0, 0.1) is 0 Å². The second kappa shape index (κ2) is 4.21. The summed E-state index contributed by atoms with van der Waals surface area (Å²) in [5.41, 5.74) is 6.59. The van der Waals surface area contributed by atoms with Gasteiger partial charge in [0.2, 0.25) is 0 Å². The van der Waals surface area contributed by atoms with E-state index in [0.29, 0.717) is 16.8 Å². The molecule has 0 saturated carbocycles. The molecule has 5 nitrogen and oxygen atoms in total. The van der Waals surface area contributed by atoms with Gasteiger partial charge in [0.1, 0.15) is 4.88 Å². The minimum atomic E-state index is 0.257. The van der Waals surface area contributed by atoms with Gasteiger partial charge in [-0.25, -0.2) is 4.98 Å². The minimum absolute atomic E-state index is 0.257. The third-order valence-electron chi connectivity index (χ3n) is 2.20. The molecule has 0 saturated heterocycles. The number of nitrogens with zero attached hydrogens (tertiary/aromatic N) is 3. The number of nitrogens with two attached hydrogens (primary N) is 1. The molecule has 0 aromatic carbocycles. The van der Waals surface area contributed by atoms with Crippen molar-refractivity contribution in [2.45, 2.75) is 33.1 Å². The quantitative estimate of drug-likeness (QED) is 0.888. The Morgan fingerprint density at radius 1 is 1.38 bits per heavy atom. The number of hydrogen-bond acceptors (Lipinski definition) is 6. The Hall–Kier alpha value is -1.43. The summed E-state index contributed by atoms with van der Waals surface area (Å²) in [5.74, 6) is 1.49. The zero-order valence-corrected chi connectivity index (χ0v) is 10.3. The number of hydrogen-bond donors (Lipinski definition) is 1. The zero-order chi connectivity index (χ0) is 11.7. The molecule has 2 rings (SSSR count). The molecule has 0 spiro atoms. The van der Waals surface area contributed by atoms with Crippen LogP contribution in [0.4, 0.5) is 5.13 Å². The topological polar surface area (TPSA) is 77.8 Å². The van der Waals surface area contributed by atoms with E-state index >= 15 is 0 Å². The third kappa shape index (κ3) is 1.92. The van der Waals surface area contributed by atoms with Gasteiger partial charge in [-0.05, 0) is 6.42 Å². The molecule has 0 aliphatic carbocycles. The highest BCUT2D eigenvalue weighted by Crippen LogP contribution is 2.31. The lowest BCUT2D eigenvalue weighted by Gasteiger charge is -1.93. The Morgan fingerprint density at radius 3 is 2.69 bits per heavy atom. The molecule has 2 N–H and O–H groups in total. The van der Waals surface area contributed by atoms with Crippen LogP contribution in [0.1, 0.15) is 38.2 Å². The summed E-state index contributed by atoms with van der Waals surface area (Å²) in [6, 6.07) is 0. The average molecular weight is 238 g/mol. The fourth-order valence-electron chi connectivity index (χ4n) is 1.34. The molecule has 2 heterocycles. The van der Waals surface area contributed by atoms with Gasteiger partial charge in [-0.15, -0.1) is 0 Å². The molecular weight excluding hydrogens is 224 g/mol. The van der Waals surface area contributed by atoms with Crippen LogP contribution >= 0.6 is 11.3 Å². The Balaban J connectivity index is 2.41. The van der Waals surface area contributed by atoms with E-state index in [0.717, 1.165) is 17.0 Å². The second-order valence-corrected chi connectivity index (χ2v) is 4.82. The van der Waals surface area contributed by atoms with E-state index in [2.05, 4.69) is 15.1 Å². The molecule has 0 fully saturated rings. The maximum Gasteiger partial charge on any atom is 0.270 e. The van der Waals surface area contributed by atoms with Crippen LogP contribution in [-0.2, 0) is 6.42 Å². The Morgan fingerprint density at radius 2 is 2.12 bits per heavy atom. The van der Waals surface area contributed by atoms with Gasteiger partial charge >= 0.3 is 0 Å². The van der Waals surface area contributed by atoms with E-state index in [9.17, 15) is 0 Å². The van der Waals surface area contributed by atoms with Crippen molar-refractivity contribution in [3.8, 4) is 10.8 Å². The largest absolute Gasteiger partial charge is 0.375 e. The number of anilines is 1. The molecule has 2 aromatic heterocycles. The highest BCUT2D eigenvalue weighted by Gasteiger charge is 2.17. The number of thiazole rings is 1. The van der Waals surface area contributed by atoms with Crippen LogP contribution in [0.5, 0.6) is 0 Å². The monoisotopic (exact) mass is 238 g/mol. The Labute approximate surface area is 97.7 Å². The first kappa shape index (κ1) is 11.1. The number of nitrogen functional groups attached to an aromatic ring is 1. The smallest absolute Gasteiger partial charge is 0.270 e. The van der Waals surface area contributed by atoms with Crippen molar-refractivity contribution >= 4 is 16.5 Å². The van der Waals surface area contributed by atoms with Crippen molar-refractivity contribution in [2.24, 2.45) is 0 Å². The fourth-order valence-corrected chi connectivity index (χ4v) is 2.18. The van der Waals surface area contributed by atoms with E-state index < -0.39 is 0 Å². The molecule has 0 radical (unpaired) electrons. The average Bonchev–Trinajstić information content (AvgIpc) is 2.82. The SMILES string of the molecule is CCc1nc(N)sc1-c1nc(C(C)C)no1. The highest BCUT2D eigenvalue weighted by atomic mass is 32.1. The molecular formula is C10H14N4OS. The number of rotatable bonds is 3. The van der Waals surface area contributed by atoms with Crippen LogP contribution in [-0.4, -0.2) is 15.1 Å². The van der Waals surface area contributed by atoms with Crippen LogP contribution in [0.2, 0.25) is 0 Å². The molecule has 0 amide bonds. The minimum Gasteiger partial charge on any atom is -0.375 e. The van der Waals surface area contributed by atoms with E-state index in [1.165, 1.54) is 11.3 Å². The lowest BCUT2D eigenvalue weighted by atomic mass is 10.2. The number of aryl methyl sites for hydroxylation is 1. The molecule has 0 aliphatic rings. The van der Waals surface area contributed by atoms with Gasteiger partial charge in [0.25, 0.3) is 5.89 Å². The molecule has 86 valence electrons. The van der Waals surface area contributed by atoms with Gasteiger partial charge in [-0.2, -0.15) is 4.98 Å². The van der Waals surface area contributed by atoms with Gasteiger partial charge in [-0.1, -0.05) is 37.3 Å². The number of aromatic nitrogens is 3. The van der Waals surface area contributed by atoms with Crippen molar-refractivity contribution in [3.05, 3.63) is 11.5 Å². The Kier molecular flexibility index (Phi) is 2.91. The summed E-state index contributed by atoms with van der Waals surface area (Å²) in [7, 11) is 0. The maximum atomic E-state index is 5.68. The van der Waals surface area contributed by atoms with Crippen LogP contribution in [0.15, 0.2) is 4.52 Å². The molecule has 6 heteroatoms. The van der Waals surface area contributed by atoms with E-state index in [1.54, 1.807) is 0 Å². The van der Waals surface area contributed by atoms with E-state index in [1.807, 2.05) is 20.8 Å². The summed E-state index contributed by atoms with van der Waals surface area (Å²) in [4.78, 5) is 9.46. The van der Waals surface area contributed by atoms with Crippen LogP contribution in [0.3, 0.4) is 0 Å². The van der Waals surface area contributed by atoms with Crippen molar-refractivity contribution in [1.82, 2.24) is 15.1 Å². The van der Waals surface area contributed by atoms with Crippen molar-refractivity contribution in [2.75, 3.05) is 5.73 Å². The van der Waals surface area contributed by atoms with Gasteiger partial charge in [0, 0.05) is 5.92 Å². The Bertz CT molecular complexity index is 489. The summed E-state index contributed by atoms with van der Waals surface area (Å²) < 4.78 is 5.22. The molecule has 0 unspecified atom stereocenters. The first-order valence-electron chi connectivity index (χ1n) is 5.21. The third-order valence-corrected chi connectivity index (χ3v) is 3.12. The van der Waals surface area contributed by atoms with Crippen molar-refractivity contribution < 1.29 is 4.52 Å². The molecule has 0 aliphatic heterocycles. The van der Waals surface area contributed by atoms with Gasteiger partial charge < -0.3 is 10.3 Å². The summed E-state index contributed by atoms with van der Waals surface area (Å²) >= 11 is 1.39. The first-order valence-corrected chi connectivity index (χ1v) is 6.02. The predicted molar refractivity (Wildman–Crippen MR) is 63.3 cm³/mol. The van der Waals surface area contributed by atoms with E-state index in [-0.39, 0.29) is 5.92 Å². The van der Waals surface area contributed by atoms with Crippen LogP contribution < -0.4 is 5.73 Å². The zero-order valence-electron chi connectivity index (χ0n) is 9.52. The van der Waals surface area contributed by atoms with Gasteiger partial charge in [-0.3, -0.25) is 0 Å². The summed E-state index contributed by atoms with van der Waals surface area (Å²) in [6.07, 6.45) is 0.808. The second-order valence-electron chi connectivity index (χ2n) is 3.79. The maximum absolute atomic E-state index is 5.68. The fraction of sp³-hybridized carbons (Fsp3) is 0.500. The lowest BCUT2D eigenvalue weighted by Crippen LogP contribution is -1.90. The van der Waals surface area contributed by atoms with Crippen LogP contribution in [0.25, 0.3) is 10.8 Å². The predicted octanol–water partition coefficient (Wildman–Crippen LogP) is 2.46. The standard InChI is InChI=1S/C10H14N4OS/c1-4-6-7(16-10(11)12-6)9-13-8(5(2)3)14-15-9/h5H,4H2,1-3H3,(H2,11,12). The summed E-state index contributed by atoms with van der Waals surface area (Å²) in [6.45, 7) is 6.07.